The topological polar surface area (TPSA) is 96.3 Å². The summed E-state index contributed by atoms with van der Waals surface area (Å²) in [5, 5.41) is 12.0. The SMILES string of the molecule is CC(=O)C1C(C)=NC(SCC(N)=O)=C(C#N)[C@@H]1c1cccs1. The van der Waals surface area contributed by atoms with E-state index in [1.54, 1.807) is 6.92 Å². The number of carbonyl (C=O) groups excluding carboxylic acids is 2. The summed E-state index contributed by atoms with van der Waals surface area (Å²) >= 11 is 2.65. The van der Waals surface area contributed by atoms with Gasteiger partial charge in [-0.25, -0.2) is 4.99 Å². The zero-order chi connectivity index (χ0) is 16.3. The van der Waals surface area contributed by atoms with E-state index >= 15 is 0 Å². The van der Waals surface area contributed by atoms with E-state index < -0.39 is 11.8 Å². The molecular weight excluding hydrogens is 318 g/mol. The van der Waals surface area contributed by atoms with E-state index in [1.807, 2.05) is 17.5 Å². The number of nitriles is 1. The number of hydrogen-bond donors (Lipinski definition) is 1. The monoisotopic (exact) mass is 333 g/mol. The van der Waals surface area contributed by atoms with Gasteiger partial charge in [0.05, 0.1) is 23.3 Å². The highest BCUT2D eigenvalue weighted by atomic mass is 32.2. The van der Waals surface area contributed by atoms with Gasteiger partial charge >= 0.3 is 0 Å². The van der Waals surface area contributed by atoms with Crippen molar-refractivity contribution >= 4 is 40.5 Å². The Balaban J connectivity index is 2.52. The van der Waals surface area contributed by atoms with E-state index in [0.29, 0.717) is 16.3 Å². The minimum absolute atomic E-state index is 0.0219. The number of hydrogen-bond acceptors (Lipinski definition) is 6. The predicted molar refractivity (Wildman–Crippen MR) is 88.6 cm³/mol. The van der Waals surface area contributed by atoms with Crippen molar-refractivity contribution in [2.45, 2.75) is 19.8 Å². The highest BCUT2D eigenvalue weighted by Crippen LogP contribution is 2.43. The molecular formula is C15H15N3O2S2. The lowest BCUT2D eigenvalue weighted by atomic mass is 9.79. The van der Waals surface area contributed by atoms with Crippen LogP contribution in [-0.2, 0) is 9.59 Å². The molecule has 5 nitrogen and oxygen atoms in total. The van der Waals surface area contributed by atoms with Gasteiger partial charge in [-0.05, 0) is 25.3 Å². The maximum absolute atomic E-state index is 12.1. The molecule has 0 bridgehead atoms. The van der Waals surface area contributed by atoms with Crippen LogP contribution in [0.1, 0.15) is 24.6 Å². The average Bonchev–Trinajstić information content (AvgIpc) is 2.97. The largest absolute Gasteiger partial charge is 0.369 e. The van der Waals surface area contributed by atoms with Crippen LogP contribution in [0.5, 0.6) is 0 Å². The van der Waals surface area contributed by atoms with Gasteiger partial charge < -0.3 is 5.73 Å². The number of rotatable bonds is 5. The molecule has 0 radical (unpaired) electrons. The number of carbonyl (C=O) groups is 2. The summed E-state index contributed by atoms with van der Waals surface area (Å²) in [4.78, 5) is 28.4. The molecule has 22 heavy (non-hydrogen) atoms. The molecule has 1 unspecified atom stereocenters. The molecule has 2 rings (SSSR count). The van der Waals surface area contributed by atoms with Crippen molar-refractivity contribution in [3.05, 3.63) is 33.0 Å². The van der Waals surface area contributed by atoms with Crippen LogP contribution in [0.2, 0.25) is 0 Å². The Hall–Kier alpha value is -1.91. The molecule has 2 N–H and O–H groups in total. The Labute approximate surface area is 136 Å². The quantitative estimate of drug-likeness (QED) is 0.895. The molecule has 1 aromatic heterocycles. The van der Waals surface area contributed by atoms with Gasteiger partial charge in [0.15, 0.2) is 0 Å². The number of nitrogens with two attached hydrogens (primary N) is 1. The predicted octanol–water partition coefficient (Wildman–Crippen LogP) is 2.47. The minimum atomic E-state index is -0.469. The molecule has 2 heterocycles. The lowest BCUT2D eigenvalue weighted by Gasteiger charge is -2.29. The Morgan fingerprint density at radius 3 is 2.77 bits per heavy atom. The van der Waals surface area contributed by atoms with Crippen molar-refractivity contribution in [1.29, 1.82) is 5.26 Å². The number of nitrogens with zero attached hydrogens (tertiary/aromatic N) is 2. The first-order valence-corrected chi connectivity index (χ1v) is 8.46. The third-order valence-electron chi connectivity index (χ3n) is 3.36. The van der Waals surface area contributed by atoms with Crippen LogP contribution in [0.25, 0.3) is 0 Å². The van der Waals surface area contributed by atoms with Gasteiger partial charge in [0, 0.05) is 16.5 Å². The van der Waals surface area contributed by atoms with Gasteiger partial charge in [-0.3, -0.25) is 9.59 Å². The molecule has 7 heteroatoms. The normalized spacial score (nSPS) is 21.2. The number of thioether (sulfide) groups is 1. The van der Waals surface area contributed by atoms with Crippen molar-refractivity contribution in [2.24, 2.45) is 16.6 Å². The Morgan fingerprint density at radius 2 is 2.27 bits per heavy atom. The van der Waals surface area contributed by atoms with E-state index in [0.717, 1.165) is 16.6 Å². The molecule has 1 aliphatic heterocycles. The van der Waals surface area contributed by atoms with E-state index in [-0.39, 0.29) is 17.5 Å². The van der Waals surface area contributed by atoms with Crippen molar-refractivity contribution in [3.8, 4) is 6.07 Å². The maximum Gasteiger partial charge on any atom is 0.227 e. The molecule has 0 fully saturated rings. The number of Topliss-reactive ketones (excluding diaryl/α,β-unsaturated/α-hetero) is 1. The van der Waals surface area contributed by atoms with Crippen LogP contribution in [0, 0.1) is 17.2 Å². The second-order valence-corrected chi connectivity index (χ2v) is 6.86. The van der Waals surface area contributed by atoms with Crippen LogP contribution in [0.4, 0.5) is 0 Å². The zero-order valence-corrected chi connectivity index (χ0v) is 13.8. The number of thiophene rings is 1. The van der Waals surface area contributed by atoms with Crippen LogP contribution in [0.3, 0.4) is 0 Å². The summed E-state index contributed by atoms with van der Waals surface area (Å²) in [6, 6.07) is 5.98. The van der Waals surface area contributed by atoms with Crippen LogP contribution < -0.4 is 5.73 Å². The van der Waals surface area contributed by atoms with Gasteiger partial charge in [-0.15, -0.1) is 11.3 Å². The fourth-order valence-electron chi connectivity index (χ4n) is 2.50. The number of primary amides is 1. The summed E-state index contributed by atoms with van der Waals surface area (Å²) in [7, 11) is 0. The molecule has 0 aromatic carbocycles. The summed E-state index contributed by atoms with van der Waals surface area (Å²) in [6.07, 6.45) is 0. The first kappa shape index (κ1) is 16.5. The highest BCUT2D eigenvalue weighted by Gasteiger charge is 2.38. The summed E-state index contributed by atoms with van der Waals surface area (Å²) in [6.45, 7) is 3.30. The first-order chi connectivity index (χ1) is 10.5. The Bertz CT molecular complexity index is 699. The summed E-state index contributed by atoms with van der Waals surface area (Å²) in [5.74, 6) is -1.21. The number of aliphatic imine (C=N–C) groups is 1. The van der Waals surface area contributed by atoms with Gasteiger partial charge in [0.25, 0.3) is 0 Å². The third-order valence-corrected chi connectivity index (χ3v) is 5.33. The van der Waals surface area contributed by atoms with Crippen molar-refractivity contribution in [2.75, 3.05) is 5.75 Å². The fraction of sp³-hybridized carbons (Fsp3) is 0.333. The molecule has 114 valence electrons. The molecule has 0 saturated heterocycles. The Morgan fingerprint density at radius 1 is 1.55 bits per heavy atom. The molecule has 0 saturated carbocycles. The second kappa shape index (κ2) is 6.90. The van der Waals surface area contributed by atoms with E-state index in [4.69, 9.17) is 5.73 Å². The average molecular weight is 333 g/mol. The van der Waals surface area contributed by atoms with Gasteiger partial charge in [0.2, 0.25) is 5.91 Å². The smallest absolute Gasteiger partial charge is 0.227 e. The van der Waals surface area contributed by atoms with Crippen LogP contribution in [0.15, 0.2) is 33.1 Å². The molecule has 1 aromatic rings. The number of ketones is 1. The van der Waals surface area contributed by atoms with E-state index in [1.165, 1.54) is 18.3 Å². The third kappa shape index (κ3) is 3.29. The first-order valence-electron chi connectivity index (χ1n) is 6.60. The standard InChI is InChI=1S/C15H15N3O2S2/c1-8-13(9(2)19)14(11-4-3-5-21-11)10(6-16)15(18-8)22-7-12(17)20/h3-5,13-14H,7H2,1-2H3,(H2,17,20)/t13?,14-/m1/s1. The fourth-order valence-corrected chi connectivity index (χ4v) is 4.19. The van der Waals surface area contributed by atoms with E-state index in [9.17, 15) is 14.9 Å². The van der Waals surface area contributed by atoms with Gasteiger partial charge in [-0.1, -0.05) is 17.8 Å². The van der Waals surface area contributed by atoms with Crippen molar-refractivity contribution in [3.63, 3.8) is 0 Å². The molecule has 0 spiro atoms. The van der Waals surface area contributed by atoms with Gasteiger partial charge in [-0.2, -0.15) is 5.26 Å². The summed E-state index contributed by atoms with van der Waals surface area (Å²) < 4.78 is 0. The van der Waals surface area contributed by atoms with Crippen LogP contribution >= 0.6 is 23.1 Å². The highest BCUT2D eigenvalue weighted by molar-refractivity contribution is 8.03. The number of allylic oxidation sites excluding steroid dienone is 1. The minimum Gasteiger partial charge on any atom is -0.369 e. The van der Waals surface area contributed by atoms with Crippen LogP contribution in [-0.4, -0.2) is 23.2 Å². The molecule has 0 aliphatic carbocycles. The molecule has 1 amide bonds. The molecule has 2 atom stereocenters. The van der Waals surface area contributed by atoms with Crippen molar-refractivity contribution < 1.29 is 9.59 Å². The Kier molecular flexibility index (Phi) is 5.16. The van der Waals surface area contributed by atoms with Gasteiger partial charge in [0.1, 0.15) is 10.8 Å². The van der Waals surface area contributed by atoms with E-state index in [2.05, 4.69) is 11.1 Å². The maximum atomic E-state index is 12.1. The lowest BCUT2D eigenvalue weighted by Crippen LogP contribution is -2.31. The zero-order valence-electron chi connectivity index (χ0n) is 12.2. The van der Waals surface area contributed by atoms with Crippen molar-refractivity contribution in [1.82, 2.24) is 0 Å². The molecule has 1 aliphatic rings. The number of amides is 1. The summed E-state index contributed by atoms with van der Waals surface area (Å²) in [5.41, 5.74) is 6.26. The lowest BCUT2D eigenvalue weighted by molar-refractivity contribution is -0.119. The second-order valence-electron chi connectivity index (χ2n) is 4.92.